The van der Waals surface area contributed by atoms with Crippen LogP contribution in [0.5, 0.6) is 5.75 Å². The van der Waals surface area contributed by atoms with Gasteiger partial charge in [0.15, 0.2) is 0 Å². The molecule has 98 valence electrons. The van der Waals surface area contributed by atoms with E-state index in [1.165, 1.54) is 6.08 Å². The van der Waals surface area contributed by atoms with Gasteiger partial charge in [-0.05, 0) is 25.0 Å². The van der Waals surface area contributed by atoms with E-state index in [4.69, 9.17) is 15.1 Å². The monoisotopic (exact) mass is 257 g/mol. The Morgan fingerprint density at radius 2 is 2.47 bits per heavy atom. The second-order valence-corrected chi connectivity index (χ2v) is 4.23. The van der Waals surface area contributed by atoms with E-state index in [-0.39, 0.29) is 12.7 Å². The number of allylic oxidation sites excluding steroid dienone is 2. The first-order valence-electron chi connectivity index (χ1n) is 6.02. The molecule has 1 unspecified atom stereocenters. The second kappa shape index (κ2) is 6.03. The number of nitrogens with zero attached hydrogens (tertiary/aromatic N) is 2. The van der Waals surface area contributed by atoms with Crippen molar-refractivity contribution in [3.05, 3.63) is 36.2 Å². The number of aromatic nitrogens is 2. The van der Waals surface area contributed by atoms with Gasteiger partial charge in [0.25, 0.3) is 0 Å². The summed E-state index contributed by atoms with van der Waals surface area (Å²) in [6.45, 7) is 1.75. The van der Waals surface area contributed by atoms with Crippen LogP contribution in [0.15, 0.2) is 30.6 Å². The van der Waals surface area contributed by atoms with Crippen LogP contribution in [0.4, 0.5) is 0 Å². The van der Waals surface area contributed by atoms with Crippen LogP contribution < -0.4 is 4.74 Å². The summed E-state index contributed by atoms with van der Waals surface area (Å²) in [6.07, 6.45) is 7.15. The van der Waals surface area contributed by atoms with Crippen molar-refractivity contribution in [3.63, 3.8) is 0 Å². The number of fused-ring (bicyclic) bond motifs is 1. The third-order valence-electron chi connectivity index (χ3n) is 2.72. The first-order chi connectivity index (χ1) is 9.24. The Kier molecular flexibility index (Phi) is 4.16. The van der Waals surface area contributed by atoms with Crippen LogP contribution in [0.3, 0.4) is 0 Å². The van der Waals surface area contributed by atoms with Crippen LogP contribution in [0.1, 0.15) is 12.5 Å². The first kappa shape index (κ1) is 13.1. The normalized spacial score (nSPS) is 12.7. The summed E-state index contributed by atoms with van der Waals surface area (Å²) in [4.78, 5) is 7.34. The number of pyridine rings is 1. The molecule has 0 aromatic carbocycles. The van der Waals surface area contributed by atoms with Gasteiger partial charge >= 0.3 is 0 Å². The Morgan fingerprint density at radius 1 is 1.63 bits per heavy atom. The number of nitrogens with one attached hydrogen (secondary N) is 1. The third kappa shape index (κ3) is 3.12. The lowest BCUT2D eigenvalue weighted by Crippen LogP contribution is -2.16. The maximum atomic E-state index is 8.98. The highest BCUT2D eigenvalue weighted by Gasteiger charge is 2.07. The van der Waals surface area contributed by atoms with Crippen molar-refractivity contribution in [1.82, 2.24) is 9.97 Å². The van der Waals surface area contributed by atoms with E-state index in [9.17, 15) is 0 Å². The molecule has 0 fully saturated rings. The number of rotatable bonds is 5. The van der Waals surface area contributed by atoms with Crippen molar-refractivity contribution in [2.75, 3.05) is 6.61 Å². The number of nitriles is 1. The molecule has 2 heterocycles. The van der Waals surface area contributed by atoms with Crippen molar-refractivity contribution < 1.29 is 9.84 Å². The molecular formula is C14H15N3O2. The molecule has 0 spiro atoms. The minimum Gasteiger partial charge on any atom is -0.487 e. The predicted molar refractivity (Wildman–Crippen MR) is 71.7 cm³/mol. The lowest BCUT2D eigenvalue weighted by atomic mass is 10.1. The lowest BCUT2D eigenvalue weighted by Gasteiger charge is -2.11. The van der Waals surface area contributed by atoms with Crippen LogP contribution in [0, 0.1) is 11.3 Å². The molecule has 5 nitrogen and oxygen atoms in total. The fourth-order valence-electron chi connectivity index (χ4n) is 1.78. The molecule has 0 radical (unpaired) electrons. The summed E-state index contributed by atoms with van der Waals surface area (Å²) < 4.78 is 5.52. The summed E-state index contributed by atoms with van der Waals surface area (Å²) in [7, 11) is 0. The Labute approximate surface area is 111 Å². The maximum Gasteiger partial charge on any atom is 0.138 e. The number of aliphatic hydroxyl groups excluding tert-OH is 1. The highest BCUT2D eigenvalue weighted by Crippen LogP contribution is 2.22. The molecule has 0 bridgehead atoms. The van der Waals surface area contributed by atoms with Gasteiger partial charge in [0.05, 0.1) is 18.9 Å². The van der Waals surface area contributed by atoms with Gasteiger partial charge in [-0.25, -0.2) is 4.98 Å². The van der Waals surface area contributed by atoms with Gasteiger partial charge in [-0.2, -0.15) is 5.26 Å². The number of aliphatic hydroxyl groups is 1. The number of hydrogen-bond acceptors (Lipinski definition) is 4. The molecule has 0 aliphatic heterocycles. The molecule has 2 aromatic heterocycles. The van der Waals surface area contributed by atoms with E-state index in [1.807, 2.05) is 18.3 Å². The van der Waals surface area contributed by atoms with Gasteiger partial charge in [0.2, 0.25) is 0 Å². The largest absolute Gasteiger partial charge is 0.487 e. The Hall–Kier alpha value is -2.32. The van der Waals surface area contributed by atoms with Crippen molar-refractivity contribution >= 4 is 11.0 Å². The maximum absolute atomic E-state index is 8.98. The van der Waals surface area contributed by atoms with Crippen LogP contribution in [0.25, 0.3) is 11.0 Å². The van der Waals surface area contributed by atoms with Gasteiger partial charge in [-0.15, -0.1) is 0 Å². The average molecular weight is 257 g/mol. The van der Waals surface area contributed by atoms with Gasteiger partial charge in [0.1, 0.15) is 17.5 Å². The zero-order chi connectivity index (χ0) is 13.7. The molecule has 2 aromatic rings. The summed E-state index contributed by atoms with van der Waals surface area (Å²) in [6, 6.07) is 3.85. The van der Waals surface area contributed by atoms with E-state index in [2.05, 4.69) is 9.97 Å². The molecule has 19 heavy (non-hydrogen) atoms. The number of aromatic amines is 1. The second-order valence-electron chi connectivity index (χ2n) is 4.23. The number of ether oxygens (including phenoxy) is 1. The van der Waals surface area contributed by atoms with Crippen LogP contribution >= 0.6 is 0 Å². The molecule has 2 rings (SSSR count). The standard InChI is InChI=1S/C14H15N3O2/c1-10(9-18)19-12-6-13-11(4-2-3-5-15)7-16-14(13)17-8-12/h2-3,6-8,10,18H,4,9H2,1H3,(H,16,17). The highest BCUT2D eigenvalue weighted by molar-refractivity contribution is 5.81. The van der Waals surface area contributed by atoms with Gasteiger partial charge in [-0.3, -0.25) is 0 Å². The average Bonchev–Trinajstić information content (AvgIpc) is 2.82. The van der Waals surface area contributed by atoms with Crippen molar-refractivity contribution in [1.29, 1.82) is 5.26 Å². The van der Waals surface area contributed by atoms with Gasteiger partial charge in [-0.1, -0.05) is 6.08 Å². The summed E-state index contributed by atoms with van der Waals surface area (Å²) >= 11 is 0. The quantitative estimate of drug-likeness (QED) is 0.802. The molecular weight excluding hydrogens is 242 g/mol. The van der Waals surface area contributed by atoms with Crippen LogP contribution in [0.2, 0.25) is 0 Å². The van der Waals surface area contributed by atoms with Crippen molar-refractivity contribution in [2.45, 2.75) is 19.4 Å². The van der Waals surface area contributed by atoms with Crippen LogP contribution in [-0.4, -0.2) is 27.8 Å². The minimum absolute atomic E-state index is 0.0388. The number of hydrogen-bond donors (Lipinski definition) is 2. The zero-order valence-corrected chi connectivity index (χ0v) is 10.6. The lowest BCUT2D eigenvalue weighted by molar-refractivity contribution is 0.129. The predicted octanol–water partition coefficient (Wildman–Crippen LogP) is 1.94. The van der Waals surface area contributed by atoms with E-state index in [0.29, 0.717) is 12.2 Å². The summed E-state index contributed by atoms with van der Waals surface area (Å²) in [5.74, 6) is 0.624. The van der Waals surface area contributed by atoms with E-state index >= 15 is 0 Å². The first-order valence-corrected chi connectivity index (χ1v) is 6.02. The summed E-state index contributed by atoms with van der Waals surface area (Å²) in [5.41, 5.74) is 1.83. The van der Waals surface area contributed by atoms with Gasteiger partial charge in [0, 0.05) is 17.7 Å². The zero-order valence-electron chi connectivity index (χ0n) is 10.6. The smallest absolute Gasteiger partial charge is 0.138 e. The van der Waals surface area contributed by atoms with Gasteiger partial charge < -0.3 is 14.8 Å². The topological polar surface area (TPSA) is 81.9 Å². The van der Waals surface area contributed by atoms with Crippen molar-refractivity contribution in [3.8, 4) is 11.8 Å². The van der Waals surface area contributed by atoms with E-state index < -0.39 is 0 Å². The Bertz CT molecular complexity index is 625. The highest BCUT2D eigenvalue weighted by atomic mass is 16.5. The Balaban J connectivity index is 2.27. The van der Waals surface area contributed by atoms with Crippen LogP contribution in [-0.2, 0) is 6.42 Å². The molecule has 0 saturated heterocycles. The fraction of sp³-hybridized carbons (Fsp3) is 0.286. The molecule has 2 N–H and O–H groups in total. The molecule has 0 aliphatic rings. The molecule has 0 aliphatic carbocycles. The summed E-state index contributed by atoms with van der Waals surface area (Å²) in [5, 5.41) is 18.4. The SMILES string of the molecule is CC(CO)Oc1cnc2[nH]cc(CC=CC#N)c2c1. The molecule has 5 heteroatoms. The Morgan fingerprint density at radius 3 is 3.21 bits per heavy atom. The molecule has 0 saturated carbocycles. The van der Waals surface area contributed by atoms with Crippen molar-refractivity contribution in [2.24, 2.45) is 0 Å². The molecule has 1 atom stereocenters. The molecule has 0 amide bonds. The third-order valence-corrected chi connectivity index (χ3v) is 2.72. The van der Waals surface area contributed by atoms with E-state index in [1.54, 1.807) is 19.2 Å². The number of H-pyrrole nitrogens is 1. The van der Waals surface area contributed by atoms with E-state index in [0.717, 1.165) is 16.6 Å². The minimum atomic E-state index is -0.264. The fourth-order valence-corrected chi connectivity index (χ4v) is 1.78.